The number of fused-ring (bicyclic) bond motifs is 1. The number of benzene rings is 4. The van der Waals surface area contributed by atoms with Gasteiger partial charge in [-0.05, 0) is 74.9 Å². The van der Waals surface area contributed by atoms with Crippen molar-refractivity contribution in [2.45, 2.75) is 89.5 Å². The van der Waals surface area contributed by atoms with Gasteiger partial charge in [0.15, 0.2) is 0 Å². The van der Waals surface area contributed by atoms with Gasteiger partial charge in [-0.1, -0.05) is 155 Å². The van der Waals surface area contributed by atoms with Crippen LogP contribution in [0.3, 0.4) is 0 Å². The Balaban J connectivity index is 1.18. The van der Waals surface area contributed by atoms with Gasteiger partial charge in [-0.25, -0.2) is 4.98 Å². The Bertz CT molecular complexity index is 1690. The van der Waals surface area contributed by atoms with Gasteiger partial charge in [-0.3, -0.25) is 0 Å². The first-order valence-corrected chi connectivity index (χ1v) is 17.4. The Morgan fingerprint density at radius 3 is 1.62 bits per heavy atom. The zero-order valence-corrected chi connectivity index (χ0v) is 26.6. The van der Waals surface area contributed by atoms with Crippen molar-refractivity contribution in [1.29, 1.82) is 0 Å². The first-order valence-electron chi connectivity index (χ1n) is 17.4. The fourth-order valence-corrected chi connectivity index (χ4v) is 7.42. The molecule has 1 fully saturated rings. The normalized spacial score (nSPS) is 16.7. The Labute approximate surface area is 269 Å². The molecule has 2 heterocycles. The molecule has 1 aliphatic heterocycles. The molecule has 5 aromatic rings. The maximum absolute atomic E-state index is 4.67. The van der Waals surface area contributed by atoms with Gasteiger partial charge in [0.25, 0.3) is 0 Å². The van der Waals surface area contributed by atoms with Gasteiger partial charge in [0.2, 0.25) is 0 Å². The third-order valence-corrected chi connectivity index (χ3v) is 10.1. The third-order valence-electron chi connectivity index (χ3n) is 10.1. The van der Waals surface area contributed by atoms with Crippen molar-refractivity contribution in [2.24, 2.45) is 0 Å². The van der Waals surface area contributed by atoms with Crippen molar-refractivity contribution in [2.75, 3.05) is 0 Å². The van der Waals surface area contributed by atoms with Gasteiger partial charge in [-0.15, -0.1) is 0 Å². The van der Waals surface area contributed by atoms with E-state index in [1.807, 2.05) is 6.20 Å². The van der Waals surface area contributed by atoms with Crippen molar-refractivity contribution >= 4 is 5.57 Å². The fraction of sp³-hybridized carbons (Fsp3) is 0.326. The van der Waals surface area contributed by atoms with E-state index < -0.39 is 0 Å². The molecule has 1 aliphatic carbocycles. The quantitative estimate of drug-likeness (QED) is 0.199. The molecule has 4 aromatic carbocycles. The van der Waals surface area contributed by atoms with E-state index in [0.29, 0.717) is 5.92 Å². The minimum atomic E-state index is 0.636. The fourth-order valence-electron chi connectivity index (χ4n) is 7.42. The summed E-state index contributed by atoms with van der Waals surface area (Å²) in [4.78, 5) is 4.67. The molecule has 7 rings (SSSR count). The number of rotatable bonds is 5. The molecule has 2 heteroatoms. The van der Waals surface area contributed by atoms with Crippen LogP contribution in [0.5, 0.6) is 0 Å². The number of imidazole rings is 1. The smallest absolute Gasteiger partial charge is 0.113 e. The van der Waals surface area contributed by atoms with Crippen molar-refractivity contribution in [1.82, 2.24) is 9.55 Å². The number of aromatic nitrogens is 2. The predicted molar refractivity (Wildman–Crippen MR) is 190 cm³/mol. The van der Waals surface area contributed by atoms with Gasteiger partial charge in [0.05, 0.1) is 0 Å². The van der Waals surface area contributed by atoms with Crippen LogP contribution in [0, 0.1) is 0 Å². The lowest BCUT2D eigenvalue weighted by molar-refractivity contribution is 0.467. The van der Waals surface area contributed by atoms with Crippen molar-refractivity contribution in [3.8, 4) is 33.4 Å². The third kappa shape index (κ3) is 7.22. The molecule has 1 aromatic heterocycles. The van der Waals surface area contributed by atoms with Gasteiger partial charge in [-0.2, -0.15) is 0 Å². The summed E-state index contributed by atoms with van der Waals surface area (Å²) >= 11 is 0. The average Bonchev–Trinajstić information content (AvgIpc) is 3.57. The molecule has 0 bridgehead atoms. The highest BCUT2D eigenvalue weighted by Gasteiger charge is 2.18. The van der Waals surface area contributed by atoms with E-state index in [1.165, 1.54) is 127 Å². The monoisotopic (exact) mass is 590 g/mol. The van der Waals surface area contributed by atoms with Crippen molar-refractivity contribution < 1.29 is 0 Å². The lowest BCUT2D eigenvalue weighted by Crippen LogP contribution is -2.10. The van der Waals surface area contributed by atoms with Gasteiger partial charge in [0.1, 0.15) is 5.82 Å². The molecule has 0 unspecified atom stereocenters. The molecule has 0 spiro atoms. The second-order valence-electron chi connectivity index (χ2n) is 13.2. The predicted octanol–water partition coefficient (Wildman–Crippen LogP) is 11.9. The van der Waals surface area contributed by atoms with Crippen molar-refractivity contribution in [3.63, 3.8) is 0 Å². The Morgan fingerprint density at radius 1 is 0.511 bits per heavy atom. The highest BCUT2D eigenvalue weighted by molar-refractivity contribution is 5.77. The second kappa shape index (κ2) is 14.3. The van der Waals surface area contributed by atoms with Crippen LogP contribution in [0.2, 0.25) is 0 Å². The van der Waals surface area contributed by atoms with Crippen LogP contribution >= 0.6 is 0 Å². The number of nitrogens with zero attached hydrogens (tertiary/aromatic N) is 2. The van der Waals surface area contributed by atoms with Crippen LogP contribution in [0.25, 0.3) is 39.0 Å². The number of allylic oxidation sites excluding steroid dienone is 2. The lowest BCUT2D eigenvalue weighted by Gasteiger charge is -2.22. The first kappa shape index (κ1) is 29.5. The zero-order valence-electron chi connectivity index (χ0n) is 26.6. The first-order chi connectivity index (χ1) is 22.3. The van der Waals surface area contributed by atoms with Gasteiger partial charge < -0.3 is 4.57 Å². The summed E-state index contributed by atoms with van der Waals surface area (Å²) in [6, 6.07) is 36.3. The van der Waals surface area contributed by atoms with E-state index in [-0.39, 0.29) is 0 Å². The van der Waals surface area contributed by atoms with E-state index in [0.717, 1.165) is 13.0 Å². The van der Waals surface area contributed by atoms with E-state index >= 15 is 0 Å². The summed E-state index contributed by atoms with van der Waals surface area (Å²) in [5.74, 6) is 1.81. The van der Waals surface area contributed by atoms with E-state index in [2.05, 4.69) is 119 Å². The molecule has 1 saturated carbocycles. The minimum absolute atomic E-state index is 0.636. The molecule has 0 radical (unpaired) electrons. The second-order valence-corrected chi connectivity index (χ2v) is 13.2. The zero-order chi connectivity index (χ0) is 30.3. The van der Waals surface area contributed by atoms with Crippen LogP contribution in [0.1, 0.15) is 93.5 Å². The molecule has 0 atom stereocenters. The lowest BCUT2D eigenvalue weighted by atomic mass is 9.84. The van der Waals surface area contributed by atoms with Gasteiger partial charge in [0, 0.05) is 25.4 Å². The minimum Gasteiger partial charge on any atom is -0.331 e. The van der Waals surface area contributed by atoms with Crippen LogP contribution in [-0.4, -0.2) is 9.55 Å². The van der Waals surface area contributed by atoms with Crippen LogP contribution in [0.4, 0.5) is 0 Å². The molecule has 2 nitrogen and oxygen atoms in total. The average molecular weight is 591 g/mol. The Morgan fingerprint density at radius 2 is 1.02 bits per heavy atom. The Hall–Kier alpha value is -4.17. The summed E-state index contributed by atoms with van der Waals surface area (Å²) in [5, 5.41) is 0. The highest BCUT2D eigenvalue weighted by atomic mass is 15.1. The van der Waals surface area contributed by atoms with Gasteiger partial charge >= 0.3 is 0 Å². The molecule has 0 amide bonds. The molecule has 228 valence electrons. The summed E-state index contributed by atoms with van der Waals surface area (Å²) in [7, 11) is 0. The van der Waals surface area contributed by atoms with Crippen LogP contribution in [-0.2, 0) is 13.0 Å². The molecule has 45 heavy (non-hydrogen) atoms. The highest BCUT2D eigenvalue weighted by Crippen LogP contribution is 2.37. The van der Waals surface area contributed by atoms with E-state index in [4.69, 9.17) is 0 Å². The molecule has 0 N–H and O–H groups in total. The maximum Gasteiger partial charge on any atom is 0.113 e. The SMILES string of the molecule is C1=C(c2cc(-c3ccc(-c4ccc(-c5ccccc5)cc4)cc3)cc(C3CCCCCCCCCCC3)c2)Cc2nccn2C1. The summed E-state index contributed by atoms with van der Waals surface area (Å²) in [6.07, 6.45) is 22.5. The number of hydrogen-bond acceptors (Lipinski definition) is 1. The summed E-state index contributed by atoms with van der Waals surface area (Å²) < 4.78 is 2.27. The largest absolute Gasteiger partial charge is 0.331 e. The van der Waals surface area contributed by atoms with Crippen molar-refractivity contribution in [3.05, 3.63) is 132 Å². The maximum atomic E-state index is 4.67. The van der Waals surface area contributed by atoms with E-state index in [1.54, 1.807) is 0 Å². The molecule has 0 saturated heterocycles. The topological polar surface area (TPSA) is 17.8 Å². The van der Waals surface area contributed by atoms with Crippen LogP contribution < -0.4 is 0 Å². The summed E-state index contributed by atoms with van der Waals surface area (Å²) in [6.45, 7) is 0.908. The number of hydrogen-bond donors (Lipinski definition) is 0. The molecular formula is C43H46N2. The van der Waals surface area contributed by atoms with Crippen LogP contribution in [0.15, 0.2) is 116 Å². The molecule has 2 aliphatic rings. The summed E-state index contributed by atoms with van der Waals surface area (Å²) in [5.41, 5.74) is 12.0. The Kier molecular flexibility index (Phi) is 9.38. The molecular weight excluding hydrogens is 544 g/mol. The van der Waals surface area contributed by atoms with E-state index in [9.17, 15) is 0 Å². The standard InChI is InChI=1S/C43H46N2/c1-2-4-6-9-15-34(16-10-7-5-3-1)40-29-41(31-42(30-40)39-25-27-45-28-26-44-43(45)32-39)38-23-21-37(22-24-38)36-19-17-35(18-20-36)33-13-11-8-12-14-33/h8,11-14,17-26,28-31,34H,1-7,9-10,15-16,27,32H2.